The first-order valence-electron chi connectivity index (χ1n) is 5.64. The van der Waals surface area contributed by atoms with E-state index in [0.29, 0.717) is 5.01 Å². The molecule has 0 aliphatic carbocycles. The van der Waals surface area contributed by atoms with Gasteiger partial charge in [0.1, 0.15) is 5.01 Å². The lowest BCUT2D eigenvalue weighted by atomic mass is 10.4. The minimum Gasteiger partial charge on any atom is -0.492 e. The second-order valence-corrected chi connectivity index (χ2v) is 4.70. The molecule has 0 saturated carbocycles. The molecule has 0 aliphatic rings. The molecule has 100 valence electrons. The number of carbonyl (C=O) groups excluding carboxylic acids is 1. The van der Waals surface area contributed by atoms with E-state index in [4.69, 9.17) is 4.74 Å². The molecule has 2 heterocycles. The predicted octanol–water partition coefficient (Wildman–Crippen LogP) is 1.93. The maximum absolute atomic E-state index is 11.5. The van der Waals surface area contributed by atoms with E-state index >= 15 is 0 Å². The summed E-state index contributed by atoms with van der Waals surface area (Å²) in [4.78, 5) is 15.5. The molecule has 0 bridgehead atoms. The first-order chi connectivity index (χ1) is 9.10. The van der Waals surface area contributed by atoms with E-state index in [9.17, 15) is 9.90 Å². The van der Waals surface area contributed by atoms with Gasteiger partial charge in [0.05, 0.1) is 12.3 Å². The molecule has 6 nitrogen and oxygen atoms in total. The highest BCUT2D eigenvalue weighted by molar-refractivity contribution is 7.14. The zero-order valence-corrected chi connectivity index (χ0v) is 11.3. The largest absolute Gasteiger partial charge is 0.492 e. The number of aryl methyl sites for hydroxylation is 1. The van der Waals surface area contributed by atoms with Gasteiger partial charge in [0.25, 0.3) is 0 Å². The van der Waals surface area contributed by atoms with Gasteiger partial charge in [-0.25, -0.2) is 9.78 Å². The number of rotatable bonds is 4. The number of aromatic nitrogens is 3. The Hall–Kier alpha value is -2.15. The van der Waals surface area contributed by atoms with Crippen molar-refractivity contribution >= 4 is 29.5 Å². The molecule has 0 aromatic carbocycles. The Kier molecular flexibility index (Phi) is 3.96. The number of nitrogens with zero attached hydrogens (tertiary/aromatic N) is 3. The van der Waals surface area contributed by atoms with Crippen molar-refractivity contribution in [2.75, 3.05) is 6.61 Å². The Morgan fingerprint density at radius 2 is 2.37 bits per heavy atom. The van der Waals surface area contributed by atoms with Crippen molar-refractivity contribution in [1.29, 1.82) is 0 Å². The van der Waals surface area contributed by atoms with Crippen molar-refractivity contribution < 1.29 is 14.6 Å². The van der Waals surface area contributed by atoms with Crippen molar-refractivity contribution in [1.82, 2.24) is 14.8 Å². The SMILES string of the molecule is CCOC(=O)c1sc(/C=C/c2ccn(C)n2)nc1O. The highest BCUT2D eigenvalue weighted by Crippen LogP contribution is 2.26. The van der Waals surface area contributed by atoms with Crippen molar-refractivity contribution in [3.63, 3.8) is 0 Å². The molecule has 0 atom stereocenters. The Balaban J connectivity index is 2.16. The summed E-state index contributed by atoms with van der Waals surface area (Å²) in [6.45, 7) is 1.97. The molecule has 0 aliphatic heterocycles. The summed E-state index contributed by atoms with van der Waals surface area (Å²) >= 11 is 1.08. The Morgan fingerprint density at radius 3 is 3.00 bits per heavy atom. The van der Waals surface area contributed by atoms with Crippen LogP contribution in [0.2, 0.25) is 0 Å². The number of thiazole rings is 1. The number of esters is 1. The average molecular weight is 279 g/mol. The van der Waals surface area contributed by atoms with Gasteiger partial charge in [-0.3, -0.25) is 4.68 Å². The van der Waals surface area contributed by atoms with Crippen LogP contribution in [0, 0.1) is 0 Å². The Morgan fingerprint density at radius 1 is 1.58 bits per heavy atom. The first kappa shape index (κ1) is 13.3. The molecule has 7 heteroatoms. The van der Waals surface area contributed by atoms with E-state index in [1.54, 1.807) is 23.8 Å². The fourth-order valence-corrected chi connectivity index (χ4v) is 2.16. The monoisotopic (exact) mass is 279 g/mol. The zero-order valence-electron chi connectivity index (χ0n) is 10.5. The Bertz CT molecular complexity index is 616. The number of ether oxygens (including phenoxy) is 1. The third-order valence-electron chi connectivity index (χ3n) is 2.22. The number of aromatic hydroxyl groups is 1. The van der Waals surface area contributed by atoms with E-state index in [1.165, 1.54) is 0 Å². The topological polar surface area (TPSA) is 77.2 Å². The van der Waals surface area contributed by atoms with E-state index in [0.717, 1.165) is 17.0 Å². The lowest BCUT2D eigenvalue weighted by molar-refractivity contribution is 0.0528. The van der Waals surface area contributed by atoms with Gasteiger partial charge in [-0.05, 0) is 25.1 Å². The summed E-state index contributed by atoms with van der Waals surface area (Å²) in [7, 11) is 1.82. The van der Waals surface area contributed by atoms with Crippen LogP contribution in [0.15, 0.2) is 12.3 Å². The molecule has 1 N–H and O–H groups in total. The van der Waals surface area contributed by atoms with Crippen LogP contribution in [0.25, 0.3) is 12.2 Å². The van der Waals surface area contributed by atoms with Gasteiger partial charge in [0, 0.05) is 13.2 Å². The van der Waals surface area contributed by atoms with E-state index in [2.05, 4.69) is 10.1 Å². The summed E-state index contributed by atoms with van der Waals surface area (Å²) in [6.07, 6.45) is 5.27. The van der Waals surface area contributed by atoms with Gasteiger partial charge < -0.3 is 9.84 Å². The lowest BCUT2D eigenvalue weighted by Crippen LogP contribution is -2.02. The average Bonchev–Trinajstić information content (AvgIpc) is 2.93. The van der Waals surface area contributed by atoms with E-state index < -0.39 is 5.97 Å². The first-order valence-corrected chi connectivity index (χ1v) is 6.46. The van der Waals surface area contributed by atoms with Crippen molar-refractivity contribution in [2.24, 2.45) is 7.05 Å². The molecule has 2 aromatic heterocycles. The molecule has 0 unspecified atom stereocenters. The highest BCUT2D eigenvalue weighted by atomic mass is 32.1. The zero-order chi connectivity index (χ0) is 13.8. The standard InChI is InChI=1S/C12H13N3O3S/c1-3-18-12(17)10-11(16)13-9(19-10)5-4-8-6-7-15(2)14-8/h4-7,16H,3H2,1-2H3/b5-4+. The summed E-state index contributed by atoms with van der Waals surface area (Å²) < 4.78 is 6.50. The maximum atomic E-state index is 11.5. The molecule has 2 rings (SSSR count). The molecular weight excluding hydrogens is 266 g/mol. The van der Waals surface area contributed by atoms with Crippen molar-refractivity contribution in [2.45, 2.75) is 6.92 Å². The van der Waals surface area contributed by atoms with Gasteiger partial charge in [0.15, 0.2) is 4.88 Å². The van der Waals surface area contributed by atoms with Crippen LogP contribution in [0.1, 0.15) is 27.3 Å². The van der Waals surface area contributed by atoms with Crippen molar-refractivity contribution in [3.05, 3.63) is 27.8 Å². The molecular formula is C12H13N3O3S. The van der Waals surface area contributed by atoms with E-state index in [-0.39, 0.29) is 17.4 Å². The van der Waals surface area contributed by atoms with Crippen LogP contribution >= 0.6 is 11.3 Å². The molecule has 0 spiro atoms. The third-order valence-corrected chi connectivity index (χ3v) is 3.21. The summed E-state index contributed by atoms with van der Waals surface area (Å²) in [6, 6.07) is 1.84. The van der Waals surface area contributed by atoms with Gasteiger partial charge in [-0.1, -0.05) is 0 Å². The van der Waals surface area contributed by atoms with Crippen LogP contribution in [0.4, 0.5) is 0 Å². The second kappa shape index (κ2) is 5.66. The second-order valence-electron chi connectivity index (χ2n) is 3.67. The van der Waals surface area contributed by atoms with Gasteiger partial charge in [0.2, 0.25) is 5.88 Å². The molecule has 0 fully saturated rings. The van der Waals surface area contributed by atoms with Crippen LogP contribution in [0.5, 0.6) is 5.88 Å². The number of hydrogen-bond donors (Lipinski definition) is 1. The van der Waals surface area contributed by atoms with Crippen LogP contribution in [0.3, 0.4) is 0 Å². The molecule has 19 heavy (non-hydrogen) atoms. The van der Waals surface area contributed by atoms with Gasteiger partial charge in [-0.2, -0.15) is 5.10 Å². The summed E-state index contributed by atoms with van der Waals surface area (Å²) in [5.74, 6) is -0.862. The summed E-state index contributed by atoms with van der Waals surface area (Å²) in [5.41, 5.74) is 0.773. The smallest absolute Gasteiger partial charge is 0.353 e. The lowest BCUT2D eigenvalue weighted by Gasteiger charge is -1.96. The van der Waals surface area contributed by atoms with E-state index in [1.807, 2.05) is 19.3 Å². The summed E-state index contributed by atoms with van der Waals surface area (Å²) in [5, 5.41) is 14.3. The molecule has 0 radical (unpaired) electrons. The van der Waals surface area contributed by atoms with Crippen LogP contribution < -0.4 is 0 Å². The fourth-order valence-electron chi connectivity index (χ4n) is 1.41. The highest BCUT2D eigenvalue weighted by Gasteiger charge is 2.17. The minimum atomic E-state index is -0.560. The number of hydrogen-bond acceptors (Lipinski definition) is 6. The number of carbonyl (C=O) groups is 1. The maximum Gasteiger partial charge on any atom is 0.353 e. The van der Waals surface area contributed by atoms with Gasteiger partial charge >= 0.3 is 5.97 Å². The normalized spacial score (nSPS) is 11.1. The third kappa shape index (κ3) is 3.19. The predicted molar refractivity (Wildman–Crippen MR) is 71.9 cm³/mol. The molecule has 0 saturated heterocycles. The molecule has 2 aromatic rings. The van der Waals surface area contributed by atoms with Crippen LogP contribution in [-0.4, -0.2) is 32.4 Å². The van der Waals surface area contributed by atoms with Gasteiger partial charge in [-0.15, -0.1) is 11.3 Å². The fraction of sp³-hybridized carbons (Fsp3) is 0.250. The van der Waals surface area contributed by atoms with Crippen molar-refractivity contribution in [3.8, 4) is 5.88 Å². The van der Waals surface area contributed by atoms with Crippen LogP contribution in [-0.2, 0) is 11.8 Å². The Labute approximate surface area is 114 Å². The molecule has 0 amide bonds. The quantitative estimate of drug-likeness (QED) is 0.865. The minimum absolute atomic E-state index is 0.113.